The fourth-order valence-corrected chi connectivity index (χ4v) is 2.72. The molecule has 4 heteroatoms. The molecule has 3 atom stereocenters. The lowest BCUT2D eigenvalue weighted by Gasteiger charge is -2.40. The Bertz CT molecular complexity index is 341. The van der Waals surface area contributed by atoms with Crippen molar-refractivity contribution in [3.8, 4) is 5.75 Å². The summed E-state index contributed by atoms with van der Waals surface area (Å²) in [5, 5.41) is 0.723. The standard InChI is InChI=1S/C12H14BrClO2/c1-2-15-12-10(13)7-11(12)16-9-5-3-8(14)4-6-9/h3-6,10-12H,2,7H2,1H3. The maximum Gasteiger partial charge on any atom is 0.127 e. The van der Waals surface area contributed by atoms with Gasteiger partial charge in [-0.3, -0.25) is 0 Å². The van der Waals surface area contributed by atoms with Gasteiger partial charge in [0.1, 0.15) is 18.0 Å². The maximum absolute atomic E-state index is 5.83. The van der Waals surface area contributed by atoms with Crippen LogP contribution in [0, 0.1) is 0 Å². The van der Waals surface area contributed by atoms with Crippen LogP contribution in [0.15, 0.2) is 24.3 Å². The minimum atomic E-state index is 0.144. The summed E-state index contributed by atoms with van der Waals surface area (Å²) in [6.45, 7) is 2.71. The van der Waals surface area contributed by atoms with Crippen molar-refractivity contribution in [2.24, 2.45) is 0 Å². The Labute approximate surface area is 109 Å². The molecule has 16 heavy (non-hydrogen) atoms. The fraction of sp³-hybridized carbons (Fsp3) is 0.500. The van der Waals surface area contributed by atoms with Gasteiger partial charge in [0.25, 0.3) is 0 Å². The SMILES string of the molecule is CCOC1C(Br)CC1Oc1ccc(Cl)cc1. The van der Waals surface area contributed by atoms with E-state index in [9.17, 15) is 0 Å². The first kappa shape index (κ1) is 12.2. The van der Waals surface area contributed by atoms with Crippen LogP contribution in [0.3, 0.4) is 0 Å². The molecule has 0 amide bonds. The molecule has 0 aliphatic heterocycles. The molecule has 1 saturated carbocycles. The maximum atomic E-state index is 5.83. The number of ether oxygens (including phenoxy) is 2. The second kappa shape index (κ2) is 5.39. The lowest BCUT2D eigenvalue weighted by Crippen LogP contribution is -2.52. The molecule has 0 bridgehead atoms. The fourth-order valence-electron chi connectivity index (χ4n) is 1.73. The predicted octanol–water partition coefficient (Wildman–Crippen LogP) is 3.66. The monoisotopic (exact) mass is 304 g/mol. The van der Waals surface area contributed by atoms with E-state index in [0.717, 1.165) is 17.2 Å². The molecular weight excluding hydrogens is 291 g/mol. The summed E-state index contributed by atoms with van der Waals surface area (Å²) in [5.74, 6) is 0.846. The van der Waals surface area contributed by atoms with Crippen molar-refractivity contribution in [2.75, 3.05) is 6.61 Å². The second-order valence-corrected chi connectivity index (χ2v) is 5.39. The van der Waals surface area contributed by atoms with Crippen LogP contribution >= 0.6 is 27.5 Å². The summed E-state index contributed by atoms with van der Waals surface area (Å²) < 4.78 is 11.4. The average Bonchev–Trinajstić information content (AvgIpc) is 2.28. The van der Waals surface area contributed by atoms with Crippen molar-refractivity contribution in [3.63, 3.8) is 0 Å². The lowest BCUT2D eigenvalue weighted by atomic mass is 9.91. The molecule has 88 valence electrons. The molecule has 0 spiro atoms. The summed E-state index contributed by atoms with van der Waals surface area (Å²) >= 11 is 9.38. The summed E-state index contributed by atoms with van der Waals surface area (Å²) in [5.41, 5.74) is 0. The van der Waals surface area contributed by atoms with E-state index in [2.05, 4.69) is 15.9 Å². The van der Waals surface area contributed by atoms with E-state index in [1.165, 1.54) is 0 Å². The first-order valence-corrected chi connectivity index (χ1v) is 6.68. The quantitative estimate of drug-likeness (QED) is 0.790. The normalized spacial score (nSPS) is 28.6. The van der Waals surface area contributed by atoms with Gasteiger partial charge in [0.15, 0.2) is 0 Å². The van der Waals surface area contributed by atoms with Crippen molar-refractivity contribution in [1.82, 2.24) is 0 Å². The third kappa shape index (κ3) is 2.70. The molecule has 1 aromatic carbocycles. The van der Waals surface area contributed by atoms with Crippen molar-refractivity contribution >= 4 is 27.5 Å². The zero-order valence-electron chi connectivity index (χ0n) is 9.03. The zero-order valence-corrected chi connectivity index (χ0v) is 11.4. The van der Waals surface area contributed by atoms with Gasteiger partial charge in [0.2, 0.25) is 0 Å². The molecule has 2 nitrogen and oxygen atoms in total. The first-order valence-electron chi connectivity index (χ1n) is 5.38. The molecule has 0 radical (unpaired) electrons. The van der Waals surface area contributed by atoms with E-state index in [4.69, 9.17) is 21.1 Å². The molecule has 0 N–H and O–H groups in total. The van der Waals surface area contributed by atoms with Crippen LogP contribution in [0.2, 0.25) is 5.02 Å². The van der Waals surface area contributed by atoms with Crippen LogP contribution < -0.4 is 4.74 Å². The highest BCUT2D eigenvalue weighted by Crippen LogP contribution is 2.34. The van der Waals surface area contributed by atoms with Gasteiger partial charge >= 0.3 is 0 Å². The Morgan fingerprint density at radius 1 is 1.38 bits per heavy atom. The van der Waals surface area contributed by atoms with Gasteiger partial charge in [-0.2, -0.15) is 0 Å². The number of benzene rings is 1. The van der Waals surface area contributed by atoms with E-state index in [1.54, 1.807) is 0 Å². The Balaban J connectivity index is 1.92. The Morgan fingerprint density at radius 2 is 2.06 bits per heavy atom. The zero-order chi connectivity index (χ0) is 11.5. The number of alkyl halides is 1. The van der Waals surface area contributed by atoms with Crippen LogP contribution in [0.25, 0.3) is 0 Å². The van der Waals surface area contributed by atoms with Crippen LogP contribution in [-0.4, -0.2) is 23.6 Å². The first-order chi connectivity index (χ1) is 7.70. The van der Waals surface area contributed by atoms with Crippen LogP contribution in [0.4, 0.5) is 0 Å². The molecule has 0 aromatic heterocycles. The predicted molar refractivity (Wildman–Crippen MR) is 68.6 cm³/mol. The molecule has 1 aromatic rings. The number of rotatable bonds is 4. The highest BCUT2D eigenvalue weighted by Gasteiger charge is 2.42. The number of hydrogen-bond donors (Lipinski definition) is 0. The summed E-state index contributed by atoms with van der Waals surface area (Å²) in [4.78, 5) is 0.407. The van der Waals surface area contributed by atoms with Crippen molar-refractivity contribution in [1.29, 1.82) is 0 Å². The van der Waals surface area contributed by atoms with E-state index in [0.29, 0.717) is 11.4 Å². The van der Waals surface area contributed by atoms with Crippen LogP contribution in [0.1, 0.15) is 13.3 Å². The lowest BCUT2D eigenvalue weighted by molar-refractivity contribution is -0.0723. The van der Waals surface area contributed by atoms with Crippen LogP contribution in [0.5, 0.6) is 5.75 Å². The Morgan fingerprint density at radius 3 is 2.62 bits per heavy atom. The van der Waals surface area contributed by atoms with Gasteiger partial charge < -0.3 is 9.47 Å². The molecule has 1 aliphatic rings. The molecule has 1 fully saturated rings. The van der Waals surface area contributed by atoms with Gasteiger partial charge in [0.05, 0.1) is 0 Å². The third-order valence-electron chi connectivity index (χ3n) is 2.64. The summed E-state index contributed by atoms with van der Waals surface area (Å²) in [6, 6.07) is 7.42. The van der Waals surface area contributed by atoms with Gasteiger partial charge in [-0.05, 0) is 31.2 Å². The van der Waals surface area contributed by atoms with Gasteiger partial charge in [-0.1, -0.05) is 27.5 Å². The second-order valence-electron chi connectivity index (χ2n) is 3.78. The van der Waals surface area contributed by atoms with Gasteiger partial charge in [-0.25, -0.2) is 0 Å². The van der Waals surface area contributed by atoms with Gasteiger partial charge in [0, 0.05) is 22.9 Å². The minimum absolute atomic E-state index is 0.144. The van der Waals surface area contributed by atoms with Crippen LogP contribution in [-0.2, 0) is 4.74 Å². The largest absolute Gasteiger partial charge is 0.488 e. The molecule has 3 unspecified atom stereocenters. The van der Waals surface area contributed by atoms with Crippen molar-refractivity contribution < 1.29 is 9.47 Å². The molecule has 1 aliphatic carbocycles. The third-order valence-corrected chi connectivity index (χ3v) is 3.79. The van der Waals surface area contributed by atoms with E-state index < -0.39 is 0 Å². The molecule has 0 saturated heterocycles. The number of halogens is 2. The Kier molecular flexibility index (Phi) is 4.11. The smallest absolute Gasteiger partial charge is 0.127 e. The van der Waals surface area contributed by atoms with Crippen molar-refractivity contribution in [3.05, 3.63) is 29.3 Å². The van der Waals surface area contributed by atoms with E-state index in [1.807, 2.05) is 31.2 Å². The highest BCUT2D eigenvalue weighted by atomic mass is 79.9. The Hall–Kier alpha value is -0.250. The molecule has 0 heterocycles. The summed E-state index contributed by atoms with van der Waals surface area (Å²) in [6.07, 6.45) is 1.28. The van der Waals surface area contributed by atoms with Gasteiger partial charge in [-0.15, -0.1) is 0 Å². The van der Waals surface area contributed by atoms with E-state index >= 15 is 0 Å². The molecular formula is C12H14BrClO2. The van der Waals surface area contributed by atoms with E-state index in [-0.39, 0.29) is 12.2 Å². The number of hydrogen-bond acceptors (Lipinski definition) is 2. The highest BCUT2D eigenvalue weighted by molar-refractivity contribution is 9.09. The average molecular weight is 306 g/mol. The topological polar surface area (TPSA) is 18.5 Å². The molecule has 2 rings (SSSR count). The minimum Gasteiger partial charge on any atom is -0.488 e. The summed E-state index contributed by atoms with van der Waals surface area (Å²) in [7, 11) is 0. The van der Waals surface area contributed by atoms with Crippen molar-refractivity contribution in [2.45, 2.75) is 30.4 Å².